The van der Waals surface area contributed by atoms with Crippen molar-refractivity contribution in [2.75, 3.05) is 9.80 Å². The number of aryl methyl sites for hydroxylation is 1. The molecule has 0 amide bonds. The van der Waals surface area contributed by atoms with Gasteiger partial charge in [-0.3, -0.25) is 0 Å². The Morgan fingerprint density at radius 2 is 0.556 bits per heavy atom. The highest BCUT2D eigenvalue weighted by Gasteiger charge is 2.53. The van der Waals surface area contributed by atoms with Gasteiger partial charge in [0.2, 0.25) is 0 Å². The highest BCUT2D eigenvalue weighted by Crippen LogP contribution is 2.66. The van der Waals surface area contributed by atoms with Gasteiger partial charge < -0.3 is 14.2 Å². The number of nitrogens with zero attached hydrogens (tertiary/aromatic N) is 2. The minimum atomic E-state index is -0.405. The van der Waals surface area contributed by atoms with Gasteiger partial charge in [0.1, 0.15) is 5.58 Å². The van der Waals surface area contributed by atoms with E-state index in [-0.39, 0.29) is 25.7 Å². The molecule has 18 aromatic carbocycles. The number of fused-ring (bicyclic) bond motifs is 27. The van der Waals surface area contributed by atoms with Gasteiger partial charge in [0.15, 0.2) is 5.58 Å². The van der Waals surface area contributed by atoms with E-state index < -0.39 is 5.41 Å². The molecule has 5 aliphatic rings. The summed E-state index contributed by atoms with van der Waals surface area (Å²) in [6.07, 6.45) is 0. The smallest absolute Gasteiger partial charge is 0.159 e. The molecule has 556 valence electrons. The summed E-state index contributed by atoms with van der Waals surface area (Å²) < 4.78 is 7.00. The second-order valence-corrected chi connectivity index (χ2v) is 32.1. The number of anilines is 6. The summed E-state index contributed by atoms with van der Waals surface area (Å²) >= 11 is 0. The lowest BCUT2D eigenvalue weighted by Crippen LogP contribution is -2.26. The summed E-state index contributed by atoms with van der Waals surface area (Å²) in [4.78, 5) is 4.83. The van der Waals surface area contributed by atoms with E-state index in [9.17, 15) is 0 Å². The summed E-state index contributed by atoms with van der Waals surface area (Å²) in [7, 11) is 0. The summed E-state index contributed by atoms with van der Waals surface area (Å²) in [5.74, 6) is 0. The molecule has 0 unspecified atom stereocenters. The highest BCUT2D eigenvalue weighted by molar-refractivity contribution is 6.14. The third kappa shape index (κ3) is 10.4. The van der Waals surface area contributed by atoms with Crippen LogP contribution < -0.4 is 9.80 Å². The molecule has 117 heavy (non-hydrogen) atoms. The topological polar surface area (TPSA) is 19.6 Å². The first-order valence-electron chi connectivity index (χ1n) is 40.2. The Bertz CT molecular complexity index is 7070. The van der Waals surface area contributed by atoms with E-state index in [0.717, 1.165) is 67.2 Å². The van der Waals surface area contributed by atoms with E-state index >= 15 is 0 Å². The minimum Gasteiger partial charge on any atom is -0.453 e. The van der Waals surface area contributed by atoms with Crippen molar-refractivity contribution in [1.29, 1.82) is 0 Å². The molecule has 3 nitrogen and oxygen atoms in total. The van der Waals surface area contributed by atoms with Crippen molar-refractivity contribution in [3.05, 3.63) is 468 Å². The van der Waals surface area contributed by atoms with Crippen LogP contribution >= 0.6 is 0 Å². The van der Waals surface area contributed by atoms with Gasteiger partial charge in [-0.05, 0) is 230 Å². The molecule has 1 aromatic heterocycles. The summed E-state index contributed by atoms with van der Waals surface area (Å²) in [5, 5.41) is 4.60. The molecule has 1 heterocycles. The molecule has 0 fully saturated rings. The molecule has 0 saturated carbocycles. The molecule has 19 aromatic rings. The van der Waals surface area contributed by atoms with Crippen LogP contribution in [0, 0.1) is 6.92 Å². The van der Waals surface area contributed by atoms with Crippen LogP contribution in [0.2, 0.25) is 0 Å². The Labute approximate surface area is 685 Å². The monoisotopic (exact) mass is 1500 g/mol. The second-order valence-electron chi connectivity index (χ2n) is 32.1. The predicted octanol–water partition coefficient (Wildman–Crippen LogP) is 30.9. The number of hydrogen-bond donors (Lipinski definition) is 0. The fourth-order valence-electron chi connectivity index (χ4n) is 20.7. The zero-order valence-corrected chi connectivity index (χ0v) is 64.0. The number of furan rings is 1. The largest absolute Gasteiger partial charge is 0.453 e. The first-order chi connectivity index (χ1) is 56.7. The van der Waals surface area contributed by atoms with Crippen molar-refractivity contribution < 1.29 is 4.42 Å². The third-order valence-electron chi connectivity index (χ3n) is 25.9. The zero-order chi connectivity index (χ0) is 76.3. The van der Waals surface area contributed by atoms with Crippen molar-refractivity contribution in [3.8, 4) is 89.0 Å². The van der Waals surface area contributed by atoms with Crippen LogP contribution in [0.1, 0.15) is 89.9 Å². The van der Waals surface area contributed by atoms with Gasteiger partial charge in [0.05, 0.1) is 16.5 Å². The van der Waals surface area contributed by atoms with Crippen LogP contribution in [0.4, 0.5) is 34.1 Å². The number of rotatable bonds is 9. The second kappa shape index (κ2) is 27.2. The third-order valence-corrected chi connectivity index (χ3v) is 25.9. The maximum Gasteiger partial charge on any atom is 0.159 e. The van der Waals surface area contributed by atoms with Gasteiger partial charge in [0.25, 0.3) is 0 Å². The maximum absolute atomic E-state index is 7.00. The number of hydrogen-bond acceptors (Lipinski definition) is 3. The number of benzene rings is 18. The molecule has 0 bridgehead atoms. The molecule has 3 heteroatoms. The Kier molecular flexibility index (Phi) is 16.4. The molecular weight excluding hydrogens is 1410 g/mol. The van der Waals surface area contributed by atoms with E-state index in [2.05, 4.69) is 437 Å². The summed E-state index contributed by atoms with van der Waals surface area (Å²) in [6, 6.07) is 150. The van der Waals surface area contributed by atoms with E-state index in [1.807, 2.05) is 0 Å². The van der Waals surface area contributed by atoms with Crippen molar-refractivity contribution in [2.24, 2.45) is 0 Å². The van der Waals surface area contributed by atoms with Crippen molar-refractivity contribution in [2.45, 2.75) is 51.9 Å². The molecule has 0 aliphatic heterocycles. The van der Waals surface area contributed by atoms with Crippen molar-refractivity contribution in [1.82, 2.24) is 0 Å². The fourth-order valence-corrected chi connectivity index (χ4v) is 20.7. The Morgan fingerprint density at radius 1 is 0.214 bits per heavy atom. The molecule has 0 N–H and O–H groups in total. The van der Waals surface area contributed by atoms with Gasteiger partial charge >= 0.3 is 0 Å². The SMILES string of the molecule is C.C.Cc1ccc(-c2ccc(N(c3ccc4c(c3)C(C)(C)c3ccccc3-4)c3ccc4c(c3)C3(c5ccccc5-c5ccccc53)c3ccccc3-4)cc2)cc1.c1ccc(-c2cccc3c2oc2c(N(c4ccc(-c5ccc6c(c5)C5(c7ccccc7-c7ccccc75)c5ccccc5-6)cc4)c4ccc5ccccc5c4)cccc23)cc1. The van der Waals surface area contributed by atoms with Gasteiger partial charge in [-0.25, -0.2) is 0 Å². The molecular formula is C114H84N2O. The summed E-state index contributed by atoms with van der Waals surface area (Å²) in [6.45, 7) is 6.88. The average Bonchev–Trinajstić information content (AvgIpc) is 1.51. The molecule has 5 aliphatic carbocycles. The first kappa shape index (κ1) is 70.5. The lowest BCUT2D eigenvalue weighted by molar-refractivity contribution is 0.660. The van der Waals surface area contributed by atoms with Gasteiger partial charge in [-0.15, -0.1) is 0 Å². The van der Waals surface area contributed by atoms with Crippen molar-refractivity contribution in [3.63, 3.8) is 0 Å². The van der Waals surface area contributed by atoms with Crippen LogP contribution in [0.5, 0.6) is 0 Å². The van der Waals surface area contributed by atoms with Crippen LogP contribution in [0.25, 0.3) is 122 Å². The molecule has 2 spiro atoms. The average molecular weight is 1500 g/mol. The zero-order valence-electron chi connectivity index (χ0n) is 64.0. The quantitative estimate of drug-likeness (QED) is 0.144. The summed E-state index contributed by atoms with van der Waals surface area (Å²) in [5.41, 5.74) is 42.5. The standard InChI is InChI=1S/C59H37NO.C53H39N.2CH4/c1-2-15-40(16-3-1)45-21-12-22-50-51-23-13-27-56(58(51)61-57(45)50)60(44-34-30-38-14-4-5-17-41(38)36-44)43-32-28-39(29-33-43)42-31-35-49-48-20-8-11-26-54(48)59(55(49)37-42)52-24-9-6-18-46(52)47-19-7-10-25-53(47)59;1-34-20-22-35(23-21-34)36-24-26-37(27-25-36)54(38-28-30-44-40-12-4-8-16-46(40)52(2,3)50(44)32-38)39-29-31-45-43-15-7-11-19-49(43)53(51(45)33-39)47-17-9-5-13-41(47)42-14-6-10-18-48(42)53;;/h1-37H;4-33H,1-3H3;2*1H4. The Hall–Kier alpha value is -14.4. The van der Waals surface area contributed by atoms with E-state index in [0.29, 0.717) is 0 Å². The van der Waals surface area contributed by atoms with Gasteiger partial charge in [-0.2, -0.15) is 0 Å². The first-order valence-corrected chi connectivity index (χ1v) is 40.2. The van der Waals surface area contributed by atoms with E-state index in [4.69, 9.17) is 4.42 Å². The Morgan fingerprint density at radius 3 is 1.08 bits per heavy atom. The highest BCUT2D eigenvalue weighted by atomic mass is 16.3. The Balaban J connectivity index is 0.000000144. The van der Waals surface area contributed by atoms with E-state index in [1.54, 1.807) is 0 Å². The predicted molar refractivity (Wildman–Crippen MR) is 492 cm³/mol. The van der Waals surface area contributed by atoms with Gasteiger partial charge in [0, 0.05) is 50.2 Å². The normalized spacial score (nSPS) is 13.5. The minimum absolute atomic E-state index is 0. The molecule has 24 rings (SSSR count). The van der Waals surface area contributed by atoms with Crippen LogP contribution in [0.3, 0.4) is 0 Å². The fraction of sp³-hybridized carbons (Fsp3) is 0.0702. The molecule has 0 atom stereocenters. The molecule has 0 saturated heterocycles. The van der Waals surface area contributed by atoms with E-state index in [1.165, 1.54) is 150 Å². The molecule has 0 radical (unpaired) electrons. The lowest BCUT2D eigenvalue weighted by atomic mass is 9.70. The maximum atomic E-state index is 7.00. The van der Waals surface area contributed by atoms with Crippen LogP contribution in [-0.2, 0) is 16.2 Å². The number of para-hydroxylation sites is 2. The van der Waals surface area contributed by atoms with Crippen LogP contribution in [0.15, 0.2) is 411 Å². The van der Waals surface area contributed by atoms with Crippen LogP contribution in [-0.4, -0.2) is 0 Å². The van der Waals surface area contributed by atoms with Crippen molar-refractivity contribution >= 4 is 66.8 Å². The lowest BCUT2D eigenvalue weighted by Gasteiger charge is -2.32. The van der Waals surface area contributed by atoms with Gasteiger partial charge in [-0.1, -0.05) is 368 Å².